The van der Waals surface area contributed by atoms with Crippen LogP contribution in [0.3, 0.4) is 0 Å². The second kappa shape index (κ2) is 6.53. The van der Waals surface area contributed by atoms with Gasteiger partial charge < -0.3 is 14.5 Å². The summed E-state index contributed by atoms with van der Waals surface area (Å²) in [5.74, 6) is -0.259. The topological polar surface area (TPSA) is 99.2 Å². The number of pyridine rings is 1. The number of ether oxygens (including phenoxy) is 1. The Balaban J connectivity index is 1.61. The van der Waals surface area contributed by atoms with Gasteiger partial charge in [0, 0.05) is 18.8 Å². The van der Waals surface area contributed by atoms with Gasteiger partial charge in [-0.2, -0.15) is 0 Å². The lowest BCUT2D eigenvalue weighted by Gasteiger charge is -2.11. The lowest BCUT2D eigenvalue weighted by atomic mass is 10.1. The van der Waals surface area contributed by atoms with Crippen molar-refractivity contribution in [1.29, 1.82) is 0 Å². The third kappa shape index (κ3) is 2.96. The lowest BCUT2D eigenvalue weighted by molar-refractivity contribution is -0.122. The number of amides is 1. The van der Waals surface area contributed by atoms with Gasteiger partial charge in [0.25, 0.3) is 5.56 Å². The van der Waals surface area contributed by atoms with E-state index in [4.69, 9.17) is 9.15 Å². The Labute approximate surface area is 149 Å². The zero-order valence-corrected chi connectivity index (χ0v) is 14.7. The highest BCUT2D eigenvalue weighted by atomic mass is 16.5. The van der Waals surface area contributed by atoms with Crippen LogP contribution >= 0.6 is 0 Å². The van der Waals surface area contributed by atoms with Crippen molar-refractivity contribution >= 4 is 28.1 Å². The monoisotopic (exact) mass is 356 g/mol. The van der Waals surface area contributed by atoms with E-state index in [-0.39, 0.29) is 24.1 Å². The number of rotatable bonds is 4. The molecule has 0 aromatic carbocycles. The molecule has 4 heterocycles. The molecule has 26 heavy (non-hydrogen) atoms. The van der Waals surface area contributed by atoms with E-state index in [0.717, 1.165) is 36.1 Å². The molecule has 136 valence electrons. The maximum Gasteiger partial charge on any atom is 0.297 e. The van der Waals surface area contributed by atoms with Gasteiger partial charge in [0.2, 0.25) is 17.2 Å². The maximum atomic E-state index is 12.7. The fourth-order valence-corrected chi connectivity index (χ4v) is 3.36. The molecule has 1 aliphatic rings. The molecule has 0 radical (unpaired) electrons. The van der Waals surface area contributed by atoms with Crippen LogP contribution in [0.25, 0.3) is 22.2 Å². The molecule has 8 heteroatoms. The highest BCUT2D eigenvalue weighted by molar-refractivity contribution is 6.02. The highest BCUT2D eigenvalue weighted by Crippen LogP contribution is 2.26. The molecule has 1 amide bonds. The Bertz CT molecular complexity index is 1050. The van der Waals surface area contributed by atoms with Gasteiger partial charge in [0.1, 0.15) is 12.1 Å². The third-order valence-electron chi connectivity index (χ3n) is 4.61. The molecule has 1 unspecified atom stereocenters. The molecule has 3 aromatic heterocycles. The maximum absolute atomic E-state index is 12.7. The molecular formula is C18H20N4O4. The summed E-state index contributed by atoms with van der Waals surface area (Å²) in [6.45, 7) is 4.87. The van der Waals surface area contributed by atoms with E-state index < -0.39 is 5.56 Å². The van der Waals surface area contributed by atoms with Crippen LogP contribution in [0.2, 0.25) is 0 Å². The van der Waals surface area contributed by atoms with Crippen LogP contribution in [0.5, 0.6) is 0 Å². The van der Waals surface area contributed by atoms with Crippen LogP contribution in [0.4, 0.5) is 0 Å². The molecule has 1 atom stereocenters. The molecule has 0 spiro atoms. The Kier molecular flexibility index (Phi) is 4.20. The van der Waals surface area contributed by atoms with E-state index in [0.29, 0.717) is 17.8 Å². The van der Waals surface area contributed by atoms with Crippen LogP contribution in [0.1, 0.15) is 24.1 Å². The van der Waals surface area contributed by atoms with Crippen molar-refractivity contribution in [2.24, 2.45) is 0 Å². The van der Waals surface area contributed by atoms with Crippen LogP contribution in [-0.4, -0.2) is 39.7 Å². The number of hydrogen-bond donors (Lipinski definition) is 1. The third-order valence-corrected chi connectivity index (χ3v) is 4.61. The number of hydrogen-bond acceptors (Lipinski definition) is 6. The second-order valence-electron chi connectivity index (χ2n) is 6.66. The molecular weight excluding hydrogens is 336 g/mol. The van der Waals surface area contributed by atoms with Crippen molar-refractivity contribution in [3.63, 3.8) is 0 Å². The average Bonchev–Trinajstić information content (AvgIpc) is 3.23. The Hall–Kier alpha value is -2.74. The van der Waals surface area contributed by atoms with Gasteiger partial charge in [-0.3, -0.25) is 14.2 Å². The second-order valence-corrected chi connectivity index (χ2v) is 6.66. The number of furan rings is 1. The van der Waals surface area contributed by atoms with Crippen LogP contribution in [0, 0.1) is 13.8 Å². The van der Waals surface area contributed by atoms with E-state index in [1.807, 2.05) is 19.9 Å². The lowest BCUT2D eigenvalue weighted by Crippen LogP contribution is -2.36. The summed E-state index contributed by atoms with van der Waals surface area (Å²) in [6, 6.07) is 1.92. The molecule has 1 N–H and O–H groups in total. The van der Waals surface area contributed by atoms with Crippen LogP contribution in [-0.2, 0) is 16.1 Å². The summed E-state index contributed by atoms with van der Waals surface area (Å²) in [5, 5.41) is 3.53. The number of nitrogens with one attached hydrogen (secondary N) is 1. The van der Waals surface area contributed by atoms with Crippen molar-refractivity contribution in [3.05, 3.63) is 34.0 Å². The number of aromatic nitrogens is 3. The Morgan fingerprint density at radius 2 is 2.27 bits per heavy atom. The van der Waals surface area contributed by atoms with Crippen molar-refractivity contribution < 1.29 is 13.9 Å². The molecule has 4 rings (SSSR count). The predicted octanol–water partition coefficient (Wildman–Crippen LogP) is 1.45. The van der Waals surface area contributed by atoms with Gasteiger partial charge in [-0.15, -0.1) is 0 Å². The minimum atomic E-state index is -0.391. The van der Waals surface area contributed by atoms with Gasteiger partial charge in [-0.1, -0.05) is 0 Å². The van der Waals surface area contributed by atoms with Gasteiger partial charge in [-0.25, -0.2) is 9.97 Å². The normalized spacial score (nSPS) is 17.2. The quantitative estimate of drug-likeness (QED) is 0.760. The minimum absolute atomic E-state index is 0.0592. The minimum Gasteiger partial charge on any atom is -0.430 e. The summed E-state index contributed by atoms with van der Waals surface area (Å²) >= 11 is 0. The van der Waals surface area contributed by atoms with Crippen molar-refractivity contribution in [2.75, 3.05) is 13.2 Å². The van der Waals surface area contributed by atoms with E-state index in [9.17, 15) is 9.59 Å². The summed E-state index contributed by atoms with van der Waals surface area (Å²) in [5.41, 5.74) is 2.36. The van der Waals surface area contributed by atoms with E-state index in [2.05, 4.69) is 15.3 Å². The molecule has 0 aliphatic carbocycles. The highest BCUT2D eigenvalue weighted by Gasteiger charge is 2.19. The standard InChI is InChI=1S/C18H20N4O4/c1-10-6-11(2)21-17-14(10)15-16(26-17)18(24)22(9-20-15)8-13(23)19-7-12-4-3-5-25-12/h6,9,12H,3-5,7-8H2,1-2H3,(H,19,23). The largest absolute Gasteiger partial charge is 0.430 e. The summed E-state index contributed by atoms with van der Waals surface area (Å²) in [6.07, 6.45) is 3.40. The molecule has 0 bridgehead atoms. The van der Waals surface area contributed by atoms with E-state index in [1.54, 1.807) is 0 Å². The summed E-state index contributed by atoms with van der Waals surface area (Å²) < 4.78 is 12.4. The SMILES string of the molecule is Cc1cc(C)c2c(n1)oc1c(=O)n(CC(=O)NCC3CCCO3)cnc12. The van der Waals surface area contributed by atoms with Crippen molar-refractivity contribution in [2.45, 2.75) is 39.3 Å². The summed E-state index contributed by atoms with van der Waals surface area (Å²) in [7, 11) is 0. The molecule has 0 saturated carbocycles. The van der Waals surface area contributed by atoms with Crippen LogP contribution < -0.4 is 10.9 Å². The average molecular weight is 356 g/mol. The first-order valence-corrected chi connectivity index (χ1v) is 8.67. The predicted molar refractivity (Wildman–Crippen MR) is 95.0 cm³/mol. The molecule has 1 fully saturated rings. The fraction of sp³-hybridized carbons (Fsp3) is 0.444. The summed E-state index contributed by atoms with van der Waals surface area (Å²) in [4.78, 5) is 33.5. The number of aryl methyl sites for hydroxylation is 2. The zero-order chi connectivity index (χ0) is 18.3. The Morgan fingerprint density at radius 1 is 1.42 bits per heavy atom. The first kappa shape index (κ1) is 16.7. The van der Waals surface area contributed by atoms with Crippen molar-refractivity contribution in [1.82, 2.24) is 19.9 Å². The smallest absolute Gasteiger partial charge is 0.297 e. The number of nitrogens with zero attached hydrogens (tertiary/aromatic N) is 3. The van der Waals surface area contributed by atoms with E-state index in [1.165, 1.54) is 10.9 Å². The van der Waals surface area contributed by atoms with Gasteiger partial charge in [-0.05, 0) is 38.3 Å². The van der Waals surface area contributed by atoms with Crippen LogP contribution in [0.15, 0.2) is 21.6 Å². The number of fused-ring (bicyclic) bond motifs is 3. The molecule has 1 saturated heterocycles. The first-order chi connectivity index (χ1) is 12.5. The zero-order valence-electron chi connectivity index (χ0n) is 14.7. The van der Waals surface area contributed by atoms with Gasteiger partial charge >= 0.3 is 0 Å². The van der Waals surface area contributed by atoms with Gasteiger partial charge in [0.05, 0.1) is 17.8 Å². The van der Waals surface area contributed by atoms with E-state index >= 15 is 0 Å². The molecule has 1 aliphatic heterocycles. The fourth-order valence-electron chi connectivity index (χ4n) is 3.36. The molecule has 8 nitrogen and oxygen atoms in total. The number of carbonyl (C=O) groups is 1. The first-order valence-electron chi connectivity index (χ1n) is 8.67. The number of carbonyl (C=O) groups excluding carboxylic acids is 1. The van der Waals surface area contributed by atoms with Crippen molar-refractivity contribution in [3.8, 4) is 0 Å². The van der Waals surface area contributed by atoms with Gasteiger partial charge in [0.15, 0.2) is 0 Å². The Morgan fingerprint density at radius 3 is 3.04 bits per heavy atom. The molecule has 3 aromatic rings.